The lowest BCUT2D eigenvalue weighted by molar-refractivity contribution is -0.161. The van der Waals surface area contributed by atoms with Gasteiger partial charge in [0.05, 0.1) is 32.8 Å². The standard InChI is InChI=1S/C81H132O17P2/c1-5-9-13-17-21-25-29-33-36-37-40-43-46-50-54-58-62-66-79(84)92-72-77(98-81(86)68-64-60-56-52-48-44-39-35-31-27-23-19-15-11-7-3)74-96-100(89,90)94-70-75(82)69-93-99(87,88)95-73-76(97-80(85)67-63-59-55-51-47-41-32-28-24-20-16-12-8-4)71-91-78(83)65-61-57-53-49-45-42-38-34-30-26-22-18-14-10-6-2/h9-11,13-15,21-23,25-27,33-36,38-40,43,45,49-50,54,57,61,75-77,82H,5-8,12,16-20,24,28-32,37,41-42,44,46-48,51-53,55-56,58-60,62-74H2,1-4H3,(H,87,88)(H,89,90)/b13-9-,14-10-,15-11-,25-21-,26-22-,27-23-,36-33-,38-34-,39-35-,43-40-,49-45-,54-50-,61-57-. The maximum Gasteiger partial charge on any atom is 0.472 e. The van der Waals surface area contributed by atoms with E-state index in [2.05, 4.69) is 149 Å². The van der Waals surface area contributed by atoms with E-state index >= 15 is 0 Å². The lowest BCUT2D eigenvalue weighted by Crippen LogP contribution is -2.30. The van der Waals surface area contributed by atoms with Gasteiger partial charge in [0, 0.05) is 19.3 Å². The maximum absolute atomic E-state index is 13.1. The summed E-state index contributed by atoms with van der Waals surface area (Å²) in [7, 11) is -10.0. The van der Waals surface area contributed by atoms with Crippen LogP contribution in [-0.4, -0.2) is 96.7 Å². The minimum atomic E-state index is -5.00. The van der Waals surface area contributed by atoms with Crippen molar-refractivity contribution in [3.63, 3.8) is 0 Å². The van der Waals surface area contributed by atoms with E-state index in [4.69, 9.17) is 37.0 Å². The molecule has 0 aliphatic heterocycles. The monoisotopic (exact) mass is 1440 g/mol. The van der Waals surface area contributed by atoms with Gasteiger partial charge < -0.3 is 33.8 Å². The first kappa shape index (κ1) is 94.7. The van der Waals surface area contributed by atoms with E-state index in [1.807, 2.05) is 30.4 Å². The molecule has 0 radical (unpaired) electrons. The average Bonchev–Trinajstić information content (AvgIpc) is 1.06. The van der Waals surface area contributed by atoms with Crippen molar-refractivity contribution in [1.82, 2.24) is 0 Å². The van der Waals surface area contributed by atoms with Crippen molar-refractivity contribution in [2.45, 2.75) is 290 Å². The summed E-state index contributed by atoms with van der Waals surface area (Å²) in [6.07, 6.45) is 82.8. The molecule has 568 valence electrons. The molecule has 0 aromatic carbocycles. The normalized spacial score (nSPS) is 14.8. The van der Waals surface area contributed by atoms with Crippen molar-refractivity contribution >= 4 is 39.5 Å². The highest BCUT2D eigenvalue weighted by Crippen LogP contribution is 2.45. The molecule has 0 saturated carbocycles. The topological polar surface area (TPSA) is 237 Å². The first-order valence-electron chi connectivity index (χ1n) is 37.7. The summed E-state index contributed by atoms with van der Waals surface area (Å²) >= 11 is 0. The van der Waals surface area contributed by atoms with Crippen molar-refractivity contribution in [2.75, 3.05) is 39.6 Å². The van der Waals surface area contributed by atoms with Crippen LogP contribution in [0.1, 0.15) is 272 Å². The molecule has 0 aliphatic carbocycles. The SMILES string of the molecule is CC/C=C\C/C=C\C/C=C\C/C=C\C/C=C\CCCC(=O)OCC(COP(=O)(O)OCC(O)COP(=O)(O)OCC(COC(=O)C/C=C\C/C=C\C/C=C\C/C=C\C/C=C\CC)OC(=O)CCCCCCCCCCCCCCC)OC(=O)CCCCCCC/C=C\C/C=C\C/C=C\CC. The largest absolute Gasteiger partial charge is 0.472 e. The number of phosphoric acid groups is 2. The molecule has 0 heterocycles. The van der Waals surface area contributed by atoms with Crippen LogP contribution in [-0.2, 0) is 65.4 Å². The number of carbonyl (C=O) groups excluding carboxylic acids is 4. The fourth-order valence-corrected chi connectivity index (χ4v) is 11.0. The van der Waals surface area contributed by atoms with Crippen LogP contribution in [0.4, 0.5) is 0 Å². The van der Waals surface area contributed by atoms with Crippen molar-refractivity contribution < 1.29 is 80.2 Å². The fourth-order valence-electron chi connectivity index (χ4n) is 9.40. The van der Waals surface area contributed by atoms with E-state index in [0.29, 0.717) is 32.1 Å². The van der Waals surface area contributed by atoms with Crippen molar-refractivity contribution in [1.29, 1.82) is 0 Å². The van der Waals surface area contributed by atoms with Gasteiger partial charge in [0.15, 0.2) is 12.2 Å². The van der Waals surface area contributed by atoms with Gasteiger partial charge in [0.2, 0.25) is 0 Å². The summed E-state index contributed by atoms with van der Waals surface area (Å²) in [5.74, 6) is -2.42. The molecule has 0 fully saturated rings. The molecule has 5 unspecified atom stereocenters. The molecule has 0 aromatic rings. The first-order valence-corrected chi connectivity index (χ1v) is 40.7. The third-order valence-corrected chi connectivity index (χ3v) is 16.9. The molecule has 3 N–H and O–H groups in total. The van der Waals surface area contributed by atoms with Crippen LogP contribution in [0.5, 0.6) is 0 Å². The number of allylic oxidation sites excluding steroid dienone is 25. The second-order valence-corrected chi connectivity index (χ2v) is 27.4. The number of hydrogen-bond acceptors (Lipinski definition) is 15. The van der Waals surface area contributed by atoms with Gasteiger partial charge in [-0.3, -0.25) is 37.3 Å². The number of carbonyl (C=O) groups is 4. The number of rotatable bonds is 69. The van der Waals surface area contributed by atoms with Gasteiger partial charge in [0.25, 0.3) is 0 Å². The molecule has 0 aromatic heterocycles. The Hall–Kier alpha value is -5.32. The van der Waals surface area contributed by atoms with E-state index in [9.17, 15) is 43.2 Å². The number of aliphatic hydroxyl groups excluding tert-OH is 1. The van der Waals surface area contributed by atoms with Crippen LogP contribution in [0.15, 0.2) is 158 Å². The molecule has 0 rings (SSSR count). The smallest absolute Gasteiger partial charge is 0.462 e. The number of aliphatic hydroxyl groups is 1. The Kier molecular flexibility index (Phi) is 68.2. The molecule has 100 heavy (non-hydrogen) atoms. The van der Waals surface area contributed by atoms with Gasteiger partial charge in [-0.15, -0.1) is 0 Å². The van der Waals surface area contributed by atoms with Crippen LogP contribution in [0.3, 0.4) is 0 Å². The van der Waals surface area contributed by atoms with Crippen LogP contribution in [0.25, 0.3) is 0 Å². The Morgan fingerprint density at radius 3 is 0.920 bits per heavy atom. The fraction of sp³-hybridized carbons (Fsp3) is 0.630. The van der Waals surface area contributed by atoms with E-state index in [1.165, 1.54) is 51.4 Å². The number of phosphoric ester groups is 2. The van der Waals surface area contributed by atoms with Gasteiger partial charge in [-0.1, -0.05) is 282 Å². The van der Waals surface area contributed by atoms with E-state index in [-0.39, 0.29) is 25.7 Å². The van der Waals surface area contributed by atoms with Crippen molar-refractivity contribution in [2.24, 2.45) is 0 Å². The van der Waals surface area contributed by atoms with Crippen LogP contribution in [0, 0.1) is 0 Å². The Morgan fingerprint density at radius 2 is 0.570 bits per heavy atom. The zero-order valence-electron chi connectivity index (χ0n) is 61.8. The molecule has 5 atom stereocenters. The number of ether oxygens (including phenoxy) is 4. The highest BCUT2D eigenvalue weighted by molar-refractivity contribution is 7.47. The summed E-state index contributed by atoms with van der Waals surface area (Å²) in [6, 6.07) is 0. The maximum atomic E-state index is 13.1. The lowest BCUT2D eigenvalue weighted by Gasteiger charge is -2.21. The molecular formula is C81H132O17P2. The van der Waals surface area contributed by atoms with Gasteiger partial charge in [-0.2, -0.15) is 0 Å². The average molecular weight is 1440 g/mol. The molecule has 17 nitrogen and oxygen atoms in total. The van der Waals surface area contributed by atoms with Gasteiger partial charge in [-0.05, 0) is 122 Å². The third kappa shape index (κ3) is 71.1. The van der Waals surface area contributed by atoms with E-state index in [0.717, 1.165) is 135 Å². The molecule has 0 saturated heterocycles. The quantitative estimate of drug-likeness (QED) is 0.0169. The molecule has 0 spiro atoms. The van der Waals surface area contributed by atoms with Crippen LogP contribution < -0.4 is 0 Å². The van der Waals surface area contributed by atoms with Crippen LogP contribution >= 0.6 is 15.6 Å². The summed E-state index contributed by atoms with van der Waals surface area (Å²) < 4.78 is 68.3. The summed E-state index contributed by atoms with van der Waals surface area (Å²) in [6.45, 7) is 4.31. The Morgan fingerprint density at radius 1 is 0.300 bits per heavy atom. The van der Waals surface area contributed by atoms with Crippen molar-refractivity contribution in [3.05, 3.63) is 158 Å². The summed E-state index contributed by atoms with van der Waals surface area (Å²) in [5.41, 5.74) is 0. The zero-order chi connectivity index (χ0) is 73.2. The van der Waals surface area contributed by atoms with Gasteiger partial charge >= 0.3 is 39.5 Å². The van der Waals surface area contributed by atoms with Crippen molar-refractivity contribution in [3.8, 4) is 0 Å². The Balaban J connectivity index is 5.49. The van der Waals surface area contributed by atoms with Gasteiger partial charge in [0.1, 0.15) is 19.3 Å². The molecule has 0 bridgehead atoms. The zero-order valence-corrected chi connectivity index (χ0v) is 63.6. The molecule has 19 heteroatoms. The lowest BCUT2D eigenvalue weighted by atomic mass is 10.0. The third-order valence-electron chi connectivity index (χ3n) is 15.0. The summed E-state index contributed by atoms with van der Waals surface area (Å²) in [4.78, 5) is 72.8. The number of esters is 4. The summed E-state index contributed by atoms with van der Waals surface area (Å²) in [5, 5.41) is 10.6. The predicted molar refractivity (Wildman–Crippen MR) is 408 cm³/mol. The van der Waals surface area contributed by atoms with E-state index in [1.54, 1.807) is 6.08 Å². The number of hydrogen-bond donors (Lipinski definition) is 3. The first-order chi connectivity index (χ1) is 48.7. The highest BCUT2D eigenvalue weighted by atomic mass is 31.2. The molecule has 0 aliphatic rings. The Bertz CT molecular complexity index is 2520. The highest BCUT2D eigenvalue weighted by Gasteiger charge is 2.30. The molecular weight excluding hydrogens is 1310 g/mol. The predicted octanol–water partition coefficient (Wildman–Crippen LogP) is 21.7. The second kappa shape index (κ2) is 72.0. The van der Waals surface area contributed by atoms with Crippen LogP contribution in [0.2, 0.25) is 0 Å². The number of unbranched alkanes of at least 4 members (excludes halogenated alkanes) is 18. The Labute approximate surface area is 604 Å². The second-order valence-electron chi connectivity index (χ2n) is 24.5. The van der Waals surface area contributed by atoms with Gasteiger partial charge in [-0.25, -0.2) is 9.13 Å². The molecule has 0 amide bonds. The minimum absolute atomic E-state index is 0.0561. The van der Waals surface area contributed by atoms with E-state index < -0.39 is 97.5 Å². The minimum Gasteiger partial charge on any atom is -0.462 e.